The molecule has 1 heterocycles. The number of benzene rings is 1. The van der Waals surface area contributed by atoms with E-state index < -0.39 is 0 Å². The van der Waals surface area contributed by atoms with E-state index in [1.807, 2.05) is 12.1 Å². The van der Waals surface area contributed by atoms with Gasteiger partial charge in [0.2, 0.25) is 0 Å². The van der Waals surface area contributed by atoms with E-state index in [1.54, 1.807) is 0 Å². The van der Waals surface area contributed by atoms with Gasteiger partial charge in [-0.1, -0.05) is 18.2 Å². The molecule has 1 unspecified atom stereocenters. The second-order valence-electron chi connectivity index (χ2n) is 4.00. The van der Waals surface area contributed by atoms with Gasteiger partial charge in [-0.05, 0) is 18.9 Å². The van der Waals surface area contributed by atoms with Crippen molar-refractivity contribution in [1.82, 2.24) is 0 Å². The molecule has 0 amide bonds. The molecule has 1 aliphatic rings. The topological polar surface area (TPSA) is 39.2 Å². The van der Waals surface area contributed by atoms with Gasteiger partial charge in [-0.15, -0.1) is 24.8 Å². The highest BCUT2D eigenvalue weighted by Gasteiger charge is 2.21. The standard InChI is InChI=1S/C12H13NO.2ClH/c13-8-5-6-12-10(7-8)9-3-1-2-4-11(9)14-12;;/h1-4,8H,5-7,13H2;2*1H. The molecule has 3 rings (SSSR count). The van der Waals surface area contributed by atoms with Crippen LogP contribution in [0.2, 0.25) is 0 Å². The smallest absolute Gasteiger partial charge is 0.134 e. The lowest BCUT2D eigenvalue weighted by Crippen LogP contribution is -2.27. The third kappa shape index (κ3) is 2.05. The van der Waals surface area contributed by atoms with Gasteiger partial charge in [0.25, 0.3) is 0 Å². The first-order chi connectivity index (χ1) is 6.84. The van der Waals surface area contributed by atoms with Crippen LogP contribution in [0.25, 0.3) is 11.0 Å². The highest BCUT2D eigenvalue weighted by molar-refractivity contribution is 5.85. The second kappa shape index (κ2) is 5.09. The lowest BCUT2D eigenvalue weighted by Gasteiger charge is -2.16. The van der Waals surface area contributed by atoms with E-state index in [1.165, 1.54) is 10.9 Å². The Morgan fingerprint density at radius 1 is 1.19 bits per heavy atom. The molecule has 0 saturated carbocycles. The Labute approximate surface area is 107 Å². The van der Waals surface area contributed by atoms with E-state index in [0.29, 0.717) is 6.04 Å². The van der Waals surface area contributed by atoms with Crippen molar-refractivity contribution in [3.05, 3.63) is 35.6 Å². The van der Waals surface area contributed by atoms with Gasteiger partial charge in [0.1, 0.15) is 11.3 Å². The molecule has 4 heteroatoms. The molecule has 1 aromatic carbocycles. The molecular weight excluding hydrogens is 245 g/mol. The summed E-state index contributed by atoms with van der Waals surface area (Å²) in [5.41, 5.74) is 8.30. The van der Waals surface area contributed by atoms with Gasteiger partial charge in [-0.2, -0.15) is 0 Å². The Morgan fingerprint density at radius 3 is 2.75 bits per heavy atom. The van der Waals surface area contributed by atoms with E-state index in [4.69, 9.17) is 10.2 Å². The van der Waals surface area contributed by atoms with Crippen molar-refractivity contribution in [3.63, 3.8) is 0 Å². The van der Waals surface area contributed by atoms with Gasteiger partial charge in [0.05, 0.1) is 0 Å². The number of fused-ring (bicyclic) bond motifs is 3. The van der Waals surface area contributed by atoms with Crippen LogP contribution in [0.1, 0.15) is 17.7 Å². The van der Waals surface area contributed by atoms with E-state index >= 15 is 0 Å². The zero-order chi connectivity index (χ0) is 9.54. The Kier molecular flexibility index (Phi) is 4.25. The minimum Gasteiger partial charge on any atom is -0.461 e. The van der Waals surface area contributed by atoms with Crippen LogP contribution in [0, 0.1) is 0 Å². The van der Waals surface area contributed by atoms with Crippen molar-refractivity contribution >= 4 is 35.8 Å². The highest BCUT2D eigenvalue weighted by atomic mass is 35.5. The quantitative estimate of drug-likeness (QED) is 0.790. The largest absolute Gasteiger partial charge is 0.461 e. The molecule has 2 nitrogen and oxygen atoms in total. The fraction of sp³-hybridized carbons (Fsp3) is 0.333. The highest BCUT2D eigenvalue weighted by Crippen LogP contribution is 2.31. The number of hydrogen-bond acceptors (Lipinski definition) is 2. The minimum atomic E-state index is 0. The minimum absolute atomic E-state index is 0. The predicted octanol–water partition coefficient (Wildman–Crippen LogP) is 3.09. The van der Waals surface area contributed by atoms with Crippen LogP contribution < -0.4 is 5.73 Å². The first-order valence-corrected chi connectivity index (χ1v) is 5.09. The summed E-state index contributed by atoms with van der Waals surface area (Å²) in [4.78, 5) is 0. The van der Waals surface area contributed by atoms with Crippen LogP contribution in [0.5, 0.6) is 0 Å². The van der Waals surface area contributed by atoms with Gasteiger partial charge in [-0.3, -0.25) is 0 Å². The number of aryl methyl sites for hydroxylation is 1. The van der Waals surface area contributed by atoms with E-state index in [-0.39, 0.29) is 24.8 Å². The number of hydrogen-bond donors (Lipinski definition) is 1. The zero-order valence-electron chi connectivity index (χ0n) is 8.81. The van der Waals surface area contributed by atoms with Gasteiger partial charge in [-0.25, -0.2) is 0 Å². The van der Waals surface area contributed by atoms with Crippen LogP contribution >= 0.6 is 24.8 Å². The molecule has 2 aromatic rings. The number of halogens is 2. The molecular formula is C12H15Cl2NO. The van der Waals surface area contributed by atoms with Gasteiger partial charge in [0.15, 0.2) is 0 Å². The van der Waals surface area contributed by atoms with Crippen LogP contribution in [-0.2, 0) is 12.8 Å². The summed E-state index contributed by atoms with van der Waals surface area (Å²) in [6.45, 7) is 0. The summed E-state index contributed by atoms with van der Waals surface area (Å²) in [7, 11) is 0. The SMILES string of the molecule is Cl.Cl.NC1CCc2oc3ccccc3c2C1. The normalized spacial score (nSPS) is 18.4. The van der Waals surface area contributed by atoms with Crippen molar-refractivity contribution in [1.29, 1.82) is 0 Å². The third-order valence-electron chi connectivity index (χ3n) is 2.99. The molecule has 2 N–H and O–H groups in total. The lowest BCUT2D eigenvalue weighted by atomic mass is 9.92. The van der Waals surface area contributed by atoms with Crippen LogP contribution in [0.15, 0.2) is 28.7 Å². The van der Waals surface area contributed by atoms with Crippen LogP contribution in [-0.4, -0.2) is 6.04 Å². The van der Waals surface area contributed by atoms with Crippen molar-refractivity contribution in [2.75, 3.05) is 0 Å². The Morgan fingerprint density at radius 2 is 1.94 bits per heavy atom. The van der Waals surface area contributed by atoms with Crippen LogP contribution in [0.3, 0.4) is 0 Å². The molecule has 0 spiro atoms. The monoisotopic (exact) mass is 259 g/mol. The summed E-state index contributed by atoms with van der Waals surface area (Å²) in [6.07, 6.45) is 3.00. The summed E-state index contributed by atoms with van der Waals surface area (Å²) < 4.78 is 5.78. The first kappa shape index (κ1) is 13.4. The van der Waals surface area contributed by atoms with Crippen molar-refractivity contribution in [2.24, 2.45) is 5.73 Å². The van der Waals surface area contributed by atoms with Crippen molar-refractivity contribution in [3.8, 4) is 0 Å². The van der Waals surface area contributed by atoms with Crippen molar-refractivity contribution in [2.45, 2.75) is 25.3 Å². The lowest BCUT2D eigenvalue weighted by molar-refractivity contribution is 0.476. The molecule has 1 atom stereocenters. The van der Waals surface area contributed by atoms with Gasteiger partial charge < -0.3 is 10.2 Å². The average molecular weight is 260 g/mol. The molecule has 88 valence electrons. The zero-order valence-corrected chi connectivity index (χ0v) is 10.4. The maximum atomic E-state index is 5.96. The van der Waals surface area contributed by atoms with Gasteiger partial charge >= 0.3 is 0 Å². The molecule has 0 radical (unpaired) electrons. The maximum absolute atomic E-state index is 5.96. The maximum Gasteiger partial charge on any atom is 0.134 e. The van der Waals surface area contributed by atoms with E-state index in [2.05, 4.69) is 12.1 Å². The number of rotatable bonds is 0. The third-order valence-corrected chi connectivity index (χ3v) is 2.99. The molecule has 0 bridgehead atoms. The Balaban J connectivity index is 0.000000640. The fourth-order valence-electron chi connectivity index (χ4n) is 2.26. The first-order valence-electron chi connectivity index (χ1n) is 5.09. The summed E-state index contributed by atoms with van der Waals surface area (Å²) >= 11 is 0. The summed E-state index contributed by atoms with van der Waals surface area (Å²) in [5.74, 6) is 1.15. The molecule has 1 aliphatic carbocycles. The number of nitrogens with two attached hydrogens (primary N) is 1. The van der Waals surface area contributed by atoms with E-state index in [0.717, 1.165) is 30.6 Å². The fourth-order valence-corrected chi connectivity index (χ4v) is 2.26. The second-order valence-corrected chi connectivity index (χ2v) is 4.00. The molecule has 0 fully saturated rings. The summed E-state index contributed by atoms with van der Waals surface area (Å²) in [6, 6.07) is 8.52. The summed E-state index contributed by atoms with van der Waals surface area (Å²) in [5, 5.41) is 1.25. The van der Waals surface area contributed by atoms with Crippen LogP contribution in [0.4, 0.5) is 0 Å². The molecule has 0 aliphatic heterocycles. The van der Waals surface area contributed by atoms with E-state index in [9.17, 15) is 0 Å². The Hall–Kier alpha value is -0.700. The number of furan rings is 1. The Bertz CT molecular complexity index is 481. The molecule has 1 aromatic heterocycles. The average Bonchev–Trinajstić information content (AvgIpc) is 2.56. The van der Waals surface area contributed by atoms with Gasteiger partial charge in [0, 0.05) is 23.4 Å². The number of para-hydroxylation sites is 1. The predicted molar refractivity (Wildman–Crippen MR) is 70.7 cm³/mol. The molecule has 16 heavy (non-hydrogen) atoms. The van der Waals surface area contributed by atoms with Crippen molar-refractivity contribution < 1.29 is 4.42 Å². The molecule has 0 saturated heterocycles.